The second-order valence-corrected chi connectivity index (χ2v) is 10.4. The molecule has 0 bridgehead atoms. The topological polar surface area (TPSA) is 21.6 Å². The zero-order valence-corrected chi connectivity index (χ0v) is 10.5. The predicted molar refractivity (Wildman–Crippen MR) is 65.8 cm³/mol. The average Bonchev–Trinajstić information content (AvgIpc) is 2.67. The molecule has 1 aromatic rings. The molecule has 3 heteroatoms. The van der Waals surface area contributed by atoms with Crippen LogP contribution < -0.4 is 0 Å². The number of rotatable bonds is 2. The molecule has 0 N–H and O–H groups in total. The first kappa shape index (κ1) is 10.4. The maximum Gasteiger partial charge on any atom is 0.120 e. The van der Waals surface area contributed by atoms with Crippen LogP contribution in [0, 0.1) is 0 Å². The van der Waals surface area contributed by atoms with Crippen molar-refractivity contribution in [1.29, 1.82) is 0 Å². The zero-order chi connectivity index (χ0) is 10.9. The van der Waals surface area contributed by atoms with Crippen molar-refractivity contribution in [2.75, 3.05) is 0 Å². The molecule has 0 fully saturated rings. The number of hydrogen-bond acceptors (Lipinski definition) is 2. The molecule has 0 saturated heterocycles. The van der Waals surface area contributed by atoms with Gasteiger partial charge in [-0.1, -0.05) is 55.1 Å². The largest absolute Gasteiger partial charge is 0.396 e. The van der Waals surface area contributed by atoms with Crippen LogP contribution in [0.2, 0.25) is 19.6 Å². The fraction of sp³-hybridized carbons (Fsp3) is 0.417. The van der Waals surface area contributed by atoms with Crippen molar-refractivity contribution in [2.45, 2.75) is 31.8 Å². The standard InChI is InChI=1S/C12H17NOSi/c1-15(2,3)12-9-11(13-14-12)10-7-5-4-6-8-10/h4-8,12H,9H2,1-3H3. The van der Waals surface area contributed by atoms with Crippen LogP contribution >= 0.6 is 0 Å². The summed E-state index contributed by atoms with van der Waals surface area (Å²) in [6.45, 7) is 6.96. The van der Waals surface area contributed by atoms with E-state index in [0.29, 0.717) is 5.73 Å². The third-order valence-electron chi connectivity index (χ3n) is 2.74. The van der Waals surface area contributed by atoms with E-state index in [1.165, 1.54) is 5.56 Å². The molecule has 1 aliphatic heterocycles. The summed E-state index contributed by atoms with van der Waals surface area (Å²) in [5, 5.41) is 4.21. The highest BCUT2D eigenvalue weighted by atomic mass is 28.3. The van der Waals surface area contributed by atoms with Crippen molar-refractivity contribution >= 4 is 13.8 Å². The van der Waals surface area contributed by atoms with Gasteiger partial charge >= 0.3 is 0 Å². The van der Waals surface area contributed by atoms with Gasteiger partial charge in [0, 0.05) is 6.42 Å². The van der Waals surface area contributed by atoms with Crippen LogP contribution in [0.5, 0.6) is 0 Å². The van der Waals surface area contributed by atoms with Gasteiger partial charge in [0.05, 0.1) is 13.8 Å². The van der Waals surface area contributed by atoms with Crippen molar-refractivity contribution in [3.8, 4) is 0 Å². The van der Waals surface area contributed by atoms with Gasteiger partial charge in [0.15, 0.2) is 0 Å². The van der Waals surface area contributed by atoms with Gasteiger partial charge in [0.25, 0.3) is 0 Å². The Morgan fingerprint density at radius 2 is 1.87 bits per heavy atom. The lowest BCUT2D eigenvalue weighted by Crippen LogP contribution is -2.38. The molecular weight excluding hydrogens is 202 g/mol. The van der Waals surface area contributed by atoms with Crippen LogP contribution in [0.25, 0.3) is 0 Å². The summed E-state index contributed by atoms with van der Waals surface area (Å²) >= 11 is 0. The molecule has 15 heavy (non-hydrogen) atoms. The lowest BCUT2D eigenvalue weighted by molar-refractivity contribution is 0.135. The lowest BCUT2D eigenvalue weighted by atomic mass is 10.1. The lowest BCUT2D eigenvalue weighted by Gasteiger charge is -2.21. The highest BCUT2D eigenvalue weighted by molar-refractivity contribution is 6.77. The molecular formula is C12H17NOSi. The molecule has 1 aliphatic rings. The Bertz CT molecular complexity index is 367. The first-order chi connectivity index (χ1) is 7.07. The highest BCUT2D eigenvalue weighted by Gasteiger charge is 2.34. The zero-order valence-electron chi connectivity index (χ0n) is 9.53. The second kappa shape index (κ2) is 3.81. The van der Waals surface area contributed by atoms with E-state index in [4.69, 9.17) is 4.84 Å². The van der Waals surface area contributed by atoms with Gasteiger partial charge in [-0.2, -0.15) is 0 Å². The molecule has 0 spiro atoms. The molecule has 2 nitrogen and oxygen atoms in total. The van der Waals surface area contributed by atoms with E-state index in [1.807, 2.05) is 18.2 Å². The van der Waals surface area contributed by atoms with Crippen LogP contribution in [0.1, 0.15) is 12.0 Å². The maximum atomic E-state index is 5.53. The van der Waals surface area contributed by atoms with Crippen molar-refractivity contribution in [2.24, 2.45) is 5.16 Å². The van der Waals surface area contributed by atoms with Crippen molar-refractivity contribution in [3.63, 3.8) is 0 Å². The van der Waals surface area contributed by atoms with Crippen LogP contribution in [0.3, 0.4) is 0 Å². The smallest absolute Gasteiger partial charge is 0.120 e. The Balaban J connectivity index is 2.11. The first-order valence-electron chi connectivity index (χ1n) is 5.35. The van der Waals surface area contributed by atoms with E-state index in [-0.39, 0.29) is 0 Å². The molecule has 80 valence electrons. The number of hydrogen-bond donors (Lipinski definition) is 0. The van der Waals surface area contributed by atoms with Gasteiger partial charge in [-0.15, -0.1) is 0 Å². The Morgan fingerprint density at radius 3 is 2.40 bits per heavy atom. The van der Waals surface area contributed by atoms with Crippen molar-refractivity contribution in [3.05, 3.63) is 35.9 Å². The SMILES string of the molecule is C[Si](C)(C)C1CC(c2ccccc2)=NO1. The van der Waals surface area contributed by atoms with Gasteiger partial charge in [0.2, 0.25) is 0 Å². The molecule has 0 saturated carbocycles. The van der Waals surface area contributed by atoms with E-state index in [2.05, 4.69) is 36.9 Å². The summed E-state index contributed by atoms with van der Waals surface area (Å²) in [7, 11) is -1.24. The van der Waals surface area contributed by atoms with Gasteiger partial charge in [-0.05, 0) is 5.56 Å². The first-order valence-corrected chi connectivity index (χ1v) is 8.93. The molecule has 1 aromatic carbocycles. The molecule has 0 amide bonds. The van der Waals surface area contributed by atoms with Gasteiger partial charge in [0.1, 0.15) is 5.73 Å². The van der Waals surface area contributed by atoms with E-state index in [0.717, 1.165) is 12.1 Å². The predicted octanol–water partition coefficient (Wildman–Crippen LogP) is 3.06. The maximum absolute atomic E-state index is 5.53. The second-order valence-electron chi connectivity index (χ2n) is 5.07. The van der Waals surface area contributed by atoms with E-state index in [1.54, 1.807) is 0 Å². The number of oxime groups is 1. The normalized spacial score (nSPS) is 21.0. The summed E-state index contributed by atoms with van der Waals surface area (Å²) in [5.41, 5.74) is 2.63. The minimum absolute atomic E-state index is 0.340. The summed E-state index contributed by atoms with van der Waals surface area (Å²) in [4.78, 5) is 5.53. The average molecular weight is 219 g/mol. The minimum Gasteiger partial charge on any atom is -0.396 e. The highest BCUT2D eigenvalue weighted by Crippen LogP contribution is 2.23. The fourth-order valence-corrected chi connectivity index (χ4v) is 2.82. The van der Waals surface area contributed by atoms with Crippen molar-refractivity contribution in [1.82, 2.24) is 0 Å². The molecule has 1 atom stereocenters. The monoisotopic (exact) mass is 219 g/mol. The van der Waals surface area contributed by atoms with E-state index in [9.17, 15) is 0 Å². The molecule has 1 unspecified atom stereocenters. The van der Waals surface area contributed by atoms with Crippen LogP contribution in [-0.2, 0) is 4.84 Å². The number of nitrogens with zero attached hydrogens (tertiary/aromatic N) is 1. The van der Waals surface area contributed by atoms with Gasteiger partial charge in [-0.25, -0.2) is 0 Å². The van der Waals surface area contributed by atoms with E-state index < -0.39 is 8.07 Å². The summed E-state index contributed by atoms with van der Waals surface area (Å²) < 4.78 is 0. The van der Waals surface area contributed by atoms with Crippen LogP contribution in [0.15, 0.2) is 35.5 Å². The Hall–Kier alpha value is -1.09. The van der Waals surface area contributed by atoms with Gasteiger partial charge < -0.3 is 4.84 Å². The third kappa shape index (κ3) is 2.29. The summed E-state index contributed by atoms with van der Waals surface area (Å²) in [6, 6.07) is 10.3. The number of benzene rings is 1. The summed E-state index contributed by atoms with van der Waals surface area (Å²) in [6.07, 6.45) is 0.972. The van der Waals surface area contributed by atoms with Gasteiger partial charge in [-0.3, -0.25) is 0 Å². The van der Waals surface area contributed by atoms with Crippen molar-refractivity contribution < 1.29 is 4.84 Å². The third-order valence-corrected chi connectivity index (χ3v) is 4.98. The Kier molecular flexibility index (Phi) is 2.65. The molecule has 0 aliphatic carbocycles. The quantitative estimate of drug-likeness (QED) is 0.701. The molecule has 1 heterocycles. The Labute approximate surface area is 92.0 Å². The summed E-state index contributed by atoms with van der Waals surface area (Å²) in [5.74, 6) is 0. The molecule has 0 aromatic heterocycles. The van der Waals surface area contributed by atoms with E-state index >= 15 is 0 Å². The fourth-order valence-electron chi connectivity index (χ4n) is 1.64. The Morgan fingerprint density at radius 1 is 1.20 bits per heavy atom. The van der Waals surface area contributed by atoms with Crippen LogP contribution in [0.4, 0.5) is 0 Å². The molecule has 0 radical (unpaired) electrons. The molecule has 2 rings (SSSR count). The van der Waals surface area contributed by atoms with Crippen LogP contribution in [-0.4, -0.2) is 19.5 Å². The minimum atomic E-state index is -1.24.